The number of pyridine rings is 2. The number of imidazole rings is 1. The predicted octanol–water partition coefficient (Wildman–Crippen LogP) is 3.11. The third kappa shape index (κ3) is 2.18. The summed E-state index contributed by atoms with van der Waals surface area (Å²) in [5, 5.41) is 9.16. The van der Waals surface area contributed by atoms with Gasteiger partial charge in [-0.2, -0.15) is 13.2 Å². The van der Waals surface area contributed by atoms with Crippen LogP contribution in [0.2, 0.25) is 0 Å². The van der Waals surface area contributed by atoms with Crippen molar-refractivity contribution in [3.8, 4) is 11.4 Å². The zero-order valence-electron chi connectivity index (χ0n) is 10.9. The summed E-state index contributed by atoms with van der Waals surface area (Å²) >= 11 is 0. The Hall–Kier alpha value is -2.90. The maximum absolute atomic E-state index is 13.1. The fourth-order valence-corrected chi connectivity index (χ4v) is 2.21. The molecule has 0 saturated heterocycles. The van der Waals surface area contributed by atoms with Gasteiger partial charge >= 0.3 is 12.1 Å². The lowest BCUT2D eigenvalue weighted by atomic mass is 10.1. The van der Waals surface area contributed by atoms with E-state index in [1.165, 1.54) is 16.7 Å². The highest BCUT2D eigenvalue weighted by Gasteiger charge is 2.35. The van der Waals surface area contributed by atoms with Gasteiger partial charge in [0.15, 0.2) is 5.69 Å². The van der Waals surface area contributed by atoms with Gasteiger partial charge in [0.05, 0.1) is 11.1 Å². The number of carbonyl (C=O) groups is 1. The van der Waals surface area contributed by atoms with Crippen molar-refractivity contribution in [2.45, 2.75) is 6.18 Å². The first-order chi connectivity index (χ1) is 10.4. The standard InChI is InChI=1S/C14H8F3N3O2/c15-14(16,17)9-4-5-18-7-8(9)12-19-11(13(21)22)10-3-1-2-6-20(10)12/h1-7H,(H,21,22). The van der Waals surface area contributed by atoms with Crippen molar-refractivity contribution in [3.05, 3.63) is 54.1 Å². The first-order valence-electron chi connectivity index (χ1n) is 6.11. The minimum atomic E-state index is -4.59. The molecule has 0 amide bonds. The summed E-state index contributed by atoms with van der Waals surface area (Å²) in [6.45, 7) is 0. The summed E-state index contributed by atoms with van der Waals surface area (Å²) < 4.78 is 40.7. The number of aromatic nitrogens is 3. The molecule has 0 unspecified atom stereocenters. The van der Waals surface area contributed by atoms with Crippen molar-refractivity contribution in [2.24, 2.45) is 0 Å². The molecule has 3 rings (SSSR count). The topological polar surface area (TPSA) is 67.5 Å². The number of rotatable bonds is 2. The molecule has 8 heteroatoms. The Kier molecular flexibility index (Phi) is 3.09. The number of alkyl halides is 3. The van der Waals surface area contributed by atoms with Gasteiger partial charge in [0.2, 0.25) is 0 Å². The van der Waals surface area contributed by atoms with Crippen molar-refractivity contribution < 1.29 is 23.1 Å². The number of carboxylic acids is 1. The number of hydrogen-bond donors (Lipinski definition) is 1. The normalized spacial score (nSPS) is 11.8. The third-order valence-corrected chi connectivity index (χ3v) is 3.12. The van der Waals surface area contributed by atoms with Crippen molar-refractivity contribution in [3.63, 3.8) is 0 Å². The van der Waals surface area contributed by atoms with Crippen molar-refractivity contribution >= 4 is 11.5 Å². The van der Waals surface area contributed by atoms with Gasteiger partial charge in [-0.15, -0.1) is 0 Å². The Labute approximate surface area is 121 Å². The van der Waals surface area contributed by atoms with Gasteiger partial charge in [0, 0.05) is 24.2 Å². The van der Waals surface area contributed by atoms with Crippen molar-refractivity contribution in [1.82, 2.24) is 14.4 Å². The van der Waals surface area contributed by atoms with Gasteiger partial charge in [-0.05, 0) is 18.2 Å². The highest BCUT2D eigenvalue weighted by Crippen LogP contribution is 2.36. The molecular formula is C14H8F3N3O2. The lowest BCUT2D eigenvalue weighted by molar-refractivity contribution is -0.137. The van der Waals surface area contributed by atoms with Crippen LogP contribution in [0.5, 0.6) is 0 Å². The molecule has 0 fully saturated rings. The molecule has 0 aliphatic carbocycles. The second-order valence-corrected chi connectivity index (χ2v) is 4.46. The second-order valence-electron chi connectivity index (χ2n) is 4.46. The molecule has 112 valence electrons. The Balaban J connectivity index is 2.35. The quantitative estimate of drug-likeness (QED) is 0.790. The zero-order valence-corrected chi connectivity index (χ0v) is 10.9. The highest BCUT2D eigenvalue weighted by molar-refractivity contribution is 5.95. The van der Waals surface area contributed by atoms with Crippen LogP contribution < -0.4 is 0 Å². The van der Waals surface area contributed by atoms with E-state index in [9.17, 15) is 18.0 Å². The number of halogens is 3. The minimum absolute atomic E-state index is 0.117. The fraction of sp³-hybridized carbons (Fsp3) is 0.0714. The molecule has 0 saturated carbocycles. The molecule has 0 aromatic carbocycles. The molecule has 3 aromatic heterocycles. The predicted molar refractivity (Wildman–Crippen MR) is 70.4 cm³/mol. The second kappa shape index (κ2) is 4.83. The van der Waals surface area contributed by atoms with Crippen molar-refractivity contribution in [2.75, 3.05) is 0 Å². The third-order valence-electron chi connectivity index (χ3n) is 3.12. The van der Waals surface area contributed by atoms with Crippen LogP contribution >= 0.6 is 0 Å². The molecule has 3 aromatic rings. The Morgan fingerprint density at radius 3 is 2.68 bits per heavy atom. The maximum atomic E-state index is 13.1. The van der Waals surface area contributed by atoms with Crippen LogP contribution in [-0.2, 0) is 6.18 Å². The lowest BCUT2D eigenvalue weighted by Gasteiger charge is -2.11. The van der Waals surface area contributed by atoms with Crippen molar-refractivity contribution in [1.29, 1.82) is 0 Å². The molecule has 3 heterocycles. The van der Waals surface area contributed by atoms with Gasteiger partial charge in [-0.25, -0.2) is 9.78 Å². The summed E-state index contributed by atoms with van der Waals surface area (Å²) in [4.78, 5) is 18.8. The molecule has 0 radical (unpaired) electrons. The van der Waals surface area contributed by atoms with E-state index in [0.717, 1.165) is 18.5 Å². The monoisotopic (exact) mass is 307 g/mol. The van der Waals surface area contributed by atoms with Crippen LogP contribution in [0.25, 0.3) is 16.9 Å². The molecular weight excluding hydrogens is 299 g/mol. The first kappa shape index (κ1) is 14.1. The van der Waals surface area contributed by atoms with Gasteiger partial charge in [-0.3, -0.25) is 9.38 Å². The molecule has 0 aliphatic rings. The molecule has 0 bridgehead atoms. The number of carboxylic acid groups (broad SMARTS) is 1. The average Bonchev–Trinajstić information content (AvgIpc) is 2.86. The summed E-state index contributed by atoms with van der Waals surface area (Å²) in [6, 6.07) is 5.47. The smallest absolute Gasteiger partial charge is 0.417 e. The summed E-state index contributed by atoms with van der Waals surface area (Å²) in [5.41, 5.74) is -1.30. The highest BCUT2D eigenvalue weighted by atomic mass is 19.4. The molecule has 0 spiro atoms. The van der Waals surface area contributed by atoms with E-state index in [4.69, 9.17) is 5.11 Å². The van der Waals surface area contributed by atoms with Gasteiger partial charge in [0.25, 0.3) is 0 Å². The van der Waals surface area contributed by atoms with E-state index in [1.54, 1.807) is 12.1 Å². The largest absolute Gasteiger partial charge is 0.476 e. The van der Waals surface area contributed by atoms with E-state index >= 15 is 0 Å². The van der Waals surface area contributed by atoms with Crippen LogP contribution in [0, 0.1) is 0 Å². The van der Waals surface area contributed by atoms with E-state index in [2.05, 4.69) is 9.97 Å². The Morgan fingerprint density at radius 2 is 2.00 bits per heavy atom. The summed E-state index contributed by atoms with van der Waals surface area (Å²) in [7, 11) is 0. The molecule has 0 atom stereocenters. The van der Waals surface area contributed by atoms with E-state index in [0.29, 0.717) is 0 Å². The van der Waals surface area contributed by atoms with E-state index in [-0.39, 0.29) is 22.6 Å². The maximum Gasteiger partial charge on any atom is 0.417 e. The molecule has 0 aliphatic heterocycles. The van der Waals surface area contributed by atoms with Gasteiger partial charge in [-0.1, -0.05) is 6.07 Å². The number of fused-ring (bicyclic) bond motifs is 1. The SMILES string of the molecule is O=C(O)c1nc(-c2cnccc2C(F)(F)F)n2ccccc12. The van der Waals surface area contributed by atoms with E-state index in [1.807, 2.05) is 0 Å². The molecule has 22 heavy (non-hydrogen) atoms. The minimum Gasteiger partial charge on any atom is -0.476 e. The van der Waals surface area contributed by atoms with Crippen LogP contribution in [0.15, 0.2) is 42.9 Å². The van der Waals surface area contributed by atoms with Gasteiger partial charge < -0.3 is 5.11 Å². The Bertz CT molecular complexity index is 871. The number of nitrogens with zero attached hydrogens (tertiary/aromatic N) is 3. The van der Waals surface area contributed by atoms with Crippen LogP contribution in [0.1, 0.15) is 16.1 Å². The molecule has 1 N–H and O–H groups in total. The average molecular weight is 307 g/mol. The first-order valence-corrected chi connectivity index (χ1v) is 6.11. The Morgan fingerprint density at radius 1 is 1.23 bits per heavy atom. The summed E-state index contributed by atoms with van der Waals surface area (Å²) in [5.74, 6) is -1.43. The van der Waals surface area contributed by atoms with Crippen LogP contribution in [0.4, 0.5) is 13.2 Å². The fourth-order valence-electron chi connectivity index (χ4n) is 2.21. The number of aromatic carboxylic acids is 1. The van der Waals surface area contributed by atoms with E-state index < -0.39 is 17.7 Å². The molecule has 5 nitrogen and oxygen atoms in total. The van der Waals surface area contributed by atoms with Crippen LogP contribution in [0.3, 0.4) is 0 Å². The lowest BCUT2D eigenvalue weighted by Crippen LogP contribution is -2.08. The zero-order chi connectivity index (χ0) is 15.9. The number of hydrogen-bond acceptors (Lipinski definition) is 3. The van der Waals surface area contributed by atoms with Crippen LogP contribution in [-0.4, -0.2) is 25.4 Å². The van der Waals surface area contributed by atoms with Gasteiger partial charge in [0.1, 0.15) is 5.82 Å². The summed E-state index contributed by atoms with van der Waals surface area (Å²) in [6.07, 6.45) is -1.09.